The Balaban J connectivity index is 1.92. The van der Waals surface area contributed by atoms with Crippen LogP contribution in [-0.4, -0.2) is 11.7 Å². The highest BCUT2D eigenvalue weighted by Gasteiger charge is 2.58. The summed E-state index contributed by atoms with van der Waals surface area (Å²) in [4.78, 5) is 26.9. The molecule has 0 unspecified atom stereocenters. The molecule has 2 heterocycles. The van der Waals surface area contributed by atoms with Crippen molar-refractivity contribution >= 4 is 23.0 Å². The second-order valence-electron chi connectivity index (χ2n) is 6.09. The maximum Gasteiger partial charge on any atom is 0.259 e. The molecule has 0 bridgehead atoms. The molecule has 0 saturated heterocycles. The zero-order valence-electron chi connectivity index (χ0n) is 11.9. The molecule has 0 saturated carbocycles. The first-order valence-corrected chi connectivity index (χ1v) is 7.52. The fourth-order valence-corrected chi connectivity index (χ4v) is 4.26. The van der Waals surface area contributed by atoms with Crippen LogP contribution in [0, 0.1) is 0 Å². The number of nitrogens with zero attached hydrogens (tertiary/aromatic N) is 1. The van der Waals surface area contributed by atoms with E-state index in [-0.39, 0.29) is 11.7 Å². The van der Waals surface area contributed by atoms with Crippen molar-refractivity contribution in [2.24, 2.45) is 0 Å². The number of fused-ring (bicyclic) bond motifs is 4. The number of allylic oxidation sites excluding steroid dienone is 1. The lowest BCUT2D eigenvalue weighted by atomic mass is 9.75. The van der Waals surface area contributed by atoms with Crippen LogP contribution in [0.15, 0.2) is 54.6 Å². The number of amides is 1. The van der Waals surface area contributed by atoms with Gasteiger partial charge in [-0.1, -0.05) is 36.4 Å². The summed E-state index contributed by atoms with van der Waals surface area (Å²) in [5, 5.41) is 0. The van der Waals surface area contributed by atoms with E-state index in [4.69, 9.17) is 0 Å². The smallest absolute Gasteiger partial charge is 0.259 e. The van der Waals surface area contributed by atoms with Crippen molar-refractivity contribution < 1.29 is 9.59 Å². The topological polar surface area (TPSA) is 37.4 Å². The van der Waals surface area contributed by atoms with Crippen LogP contribution in [0.1, 0.15) is 34.3 Å². The molecule has 0 fully saturated rings. The minimum Gasteiger partial charge on any atom is -0.295 e. The molecule has 1 aliphatic carbocycles. The van der Waals surface area contributed by atoms with Crippen LogP contribution in [-0.2, 0) is 10.3 Å². The lowest BCUT2D eigenvalue weighted by Crippen LogP contribution is -2.42. The molecule has 0 N–H and O–H groups in total. The van der Waals surface area contributed by atoms with Crippen molar-refractivity contribution in [3.63, 3.8) is 0 Å². The summed E-state index contributed by atoms with van der Waals surface area (Å²) >= 11 is 0. The molecule has 106 valence electrons. The van der Waals surface area contributed by atoms with E-state index in [1.807, 2.05) is 53.4 Å². The molecule has 1 amide bonds. The van der Waals surface area contributed by atoms with Gasteiger partial charge in [-0.2, -0.15) is 0 Å². The molecule has 0 aromatic heterocycles. The van der Waals surface area contributed by atoms with Gasteiger partial charge in [-0.15, -0.1) is 0 Å². The van der Waals surface area contributed by atoms with Crippen molar-refractivity contribution in [1.82, 2.24) is 0 Å². The Morgan fingerprint density at radius 1 is 0.909 bits per heavy atom. The van der Waals surface area contributed by atoms with E-state index in [2.05, 4.69) is 0 Å². The summed E-state index contributed by atoms with van der Waals surface area (Å²) < 4.78 is 0. The zero-order chi connectivity index (χ0) is 14.9. The highest BCUT2D eigenvalue weighted by molar-refractivity contribution is 6.21. The zero-order valence-corrected chi connectivity index (χ0v) is 11.9. The van der Waals surface area contributed by atoms with E-state index in [1.165, 1.54) is 0 Å². The van der Waals surface area contributed by atoms with Gasteiger partial charge in [0.2, 0.25) is 0 Å². The number of carbonyl (C=O) groups excluding carboxylic acids is 2. The van der Waals surface area contributed by atoms with Gasteiger partial charge in [0.1, 0.15) is 5.54 Å². The number of anilines is 1. The first-order valence-electron chi connectivity index (χ1n) is 7.52. The maximum absolute atomic E-state index is 13.0. The largest absolute Gasteiger partial charge is 0.295 e. The Labute approximate surface area is 127 Å². The van der Waals surface area contributed by atoms with Crippen LogP contribution >= 0.6 is 0 Å². The molecule has 1 spiro atoms. The van der Waals surface area contributed by atoms with E-state index in [0.717, 1.165) is 28.0 Å². The SMILES string of the molecule is O=C1C=C2c3ccccc3N3C(=O)c4ccccc4[C@@]23CC1. The highest BCUT2D eigenvalue weighted by atomic mass is 16.2. The van der Waals surface area contributed by atoms with Crippen LogP contribution in [0.25, 0.3) is 5.57 Å². The number of benzene rings is 2. The number of hydrogen-bond acceptors (Lipinski definition) is 2. The summed E-state index contributed by atoms with van der Waals surface area (Å²) in [5.41, 5.74) is 4.23. The third-order valence-electron chi connectivity index (χ3n) is 5.11. The minimum atomic E-state index is -0.481. The average Bonchev–Trinajstić information content (AvgIpc) is 2.98. The normalized spacial score (nSPS) is 24.5. The van der Waals surface area contributed by atoms with Gasteiger partial charge in [0.15, 0.2) is 5.78 Å². The van der Waals surface area contributed by atoms with Gasteiger partial charge in [-0.05, 0) is 35.8 Å². The van der Waals surface area contributed by atoms with Crippen LogP contribution < -0.4 is 4.90 Å². The van der Waals surface area contributed by atoms with Gasteiger partial charge < -0.3 is 0 Å². The molecule has 5 rings (SSSR count). The van der Waals surface area contributed by atoms with Crippen LogP contribution in [0.4, 0.5) is 5.69 Å². The molecule has 3 nitrogen and oxygen atoms in total. The Morgan fingerprint density at radius 2 is 1.64 bits per heavy atom. The predicted molar refractivity (Wildman–Crippen MR) is 83.6 cm³/mol. The Kier molecular flexibility index (Phi) is 2.03. The molecule has 3 aliphatic rings. The van der Waals surface area contributed by atoms with Gasteiger partial charge in [0.05, 0.1) is 5.69 Å². The first-order chi connectivity index (χ1) is 10.7. The number of para-hydroxylation sites is 1. The number of rotatable bonds is 0. The monoisotopic (exact) mass is 287 g/mol. The quantitative estimate of drug-likeness (QED) is 0.745. The van der Waals surface area contributed by atoms with E-state index < -0.39 is 5.54 Å². The molecule has 2 aromatic rings. The van der Waals surface area contributed by atoms with E-state index in [1.54, 1.807) is 6.08 Å². The van der Waals surface area contributed by atoms with Gasteiger partial charge >= 0.3 is 0 Å². The van der Waals surface area contributed by atoms with Crippen molar-refractivity contribution in [3.05, 3.63) is 71.3 Å². The van der Waals surface area contributed by atoms with E-state index in [0.29, 0.717) is 12.8 Å². The molecule has 3 heteroatoms. The number of ketones is 1. The van der Waals surface area contributed by atoms with Crippen LogP contribution in [0.5, 0.6) is 0 Å². The molecular formula is C19H13NO2. The fourth-order valence-electron chi connectivity index (χ4n) is 4.26. The van der Waals surface area contributed by atoms with Gasteiger partial charge in [-0.25, -0.2) is 0 Å². The number of hydrogen-bond donors (Lipinski definition) is 0. The maximum atomic E-state index is 13.0. The predicted octanol–water partition coefficient (Wildman–Crippen LogP) is 3.30. The van der Waals surface area contributed by atoms with Crippen molar-refractivity contribution in [3.8, 4) is 0 Å². The summed E-state index contributed by atoms with van der Waals surface area (Å²) in [6.07, 6.45) is 2.89. The fraction of sp³-hybridized carbons (Fsp3) is 0.158. The van der Waals surface area contributed by atoms with Gasteiger partial charge in [-0.3, -0.25) is 14.5 Å². The van der Waals surface area contributed by atoms with Gasteiger partial charge in [0.25, 0.3) is 5.91 Å². The lowest BCUT2D eigenvalue weighted by Gasteiger charge is -2.36. The molecular weight excluding hydrogens is 274 g/mol. The highest BCUT2D eigenvalue weighted by Crippen LogP contribution is 2.60. The lowest BCUT2D eigenvalue weighted by molar-refractivity contribution is -0.115. The second-order valence-corrected chi connectivity index (χ2v) is 6.09. The summed E-state index contributed by atoms with van der Waals surface area (Å²) in [6, 6.07) is 15.7. The Hall–Kier alpha value is -2.68. The molecule has 22 heavy (non-hydrogen) atoms. The first kappa shape index (κ1) is 11.9. The van der Waals surface area contributed by atoms with E-state index >= 15 is 0 Å². The number of carbonyl (C=O) groups is 2. The summed E-state index contributed by atoms with van der Waals surface area (Å²) in [5.74, 6) is 0.190. The standard InChI is InChI=1S/C19H13NO2/c21-12-9-10-19-15-7-3-1-6-14(15)18(22)20(19)17-8-4-2-5-13(17)16(19)11-12/h1-8,11H,9-10H2/t19-/m0/s1. The Bertz CT molecular complexity index is 896. The van der Waals surface area contributed by atoms with Gasteiger partial charge in [0, 0.05) is 17.5 Å². The molecule has 0 radical (unpaired) electrons. The second kappa shape index (κ2) is 3.74. The van der Waals surface area contributed by atoms with Crippen LogP contribution in [0.2, 0.25) is 0 Å². The Morgan fingerprint density at radius 3 is 2.50 bits per heavy atom. The average molecular weight is 287 g/mol. The van der Waals surface area contributed by atoms with Crippen LogP contribution in [0.3, 0.4) is 0 Å². The molecule has 2 aliphatic heterocycles. The third-order valence-corrected chi connectivity index (χ3v) is 5.11. The minimum absolute atomic E-state index is 0.0424. The molecule has 1 atom stereocenters. The van der Waals surface area contributed by atoms with Crippen molar-refractivity contribution in [2.45, 2.75) is 18.4 Å². The van der Waals surface area contributed by atoms with Crippen molar-refractivity contribution in [2.75, 3.05) is 4.90 Å². The van der Waals surface area contributed by atoms with E-state index in [9.17, 15) is 9.59 Å². The third kappa shape index (κ3) is 1.15. The summed E-state index contributed by atoms with van der Waals surface area (Å²) in [6.45, 7) is 0. The molecule has 2 aromatic carbocycles. The van der Waals surface area contributed by atoms with Crippen molar-refractivity contribution in [1.29, 1.82) is 0 Å². The summed E-state index contributed by atoms with van der Waals surface area (Å²) in [7, 11) is 0.